The van der Waals surface area contributed by atoms with Crippen LogP contribution in [0.2, 0.25) is 0 Å². The Labute approximate surface area is 117 Å². The van der Waals surface area contributed by atoms with Crippen molar-refractivity contribution in [2.45, 2.75) is 45.6 Å². The zero-order chi connectivity index (χ0) is 12.8. The van der Waals surface area contributed by atoms with Gasteiger partial charge in [-0.3, -0.25) is 0 Å². The third-order valence-electron chi connectivity index (χ3n) is 4.60. The van der Waals surface area contributed by atoms with Crippen molar-refractivity contribution < 1.29 is 0 Å². The maximum atomic E-state index is 3.65. The van der Waals surface area contributed by atoms with E-state index in [1.807, 2.05) is 0 Å². The van der Waals surface area contributed by atoms with Crippen LogP contribution in [0.3, 0.4) is 0 Å². The first-order valence-electron chi connectivity index (χ1n) is 7.79. The summed E-state index contributed by atoms with van der Waals surface area (Å²) in [7, 11) is 0. The summed E-state index contributed by atoms with van der Waals surface area (Å²) in [5, 5.41) is 3.65. The Balaban J connectivity index is 1.66. The van der Waals surface area contributed by atoms with Gasteiger partial charge in [-0.15, -0.1) is 0 Å². The molecule has 0 amide bonds. The average Bonchev–Trinajstić information content (AvgIpc) is 2.63. The highest BCUT2D eigenvalue weighted by Crippen LogP contribution is 2.24. The van der Waals surface area contributed by atoms with Gasteiger partial charge in [0.2, 0.25) is 0 Å². The molecule has 0 saturated carbocycles. The summed E-state index contributed by atoms with van der Waals surface area (Å²) in [5.41, 5.74) is 0. The van der Waals surface area contributed by atoms with Gasteiger partial charge in [0.1, 0.15) is 0 Å². The van der Waals surface area contributed by atoms with Crippen LogP contribution in [0.15, 0.2) is 0 Å². The van der Waals surface area contributed by atoms with E-state index in [1.54, 1.807) is 0 Å². The van der Waals surface area contributed by atoms with Crippen molar-refractivity contribution in [3.05, 3.63) is 0 Å². The van der Waals surface area contributed by atoms with Crippen molar-refractivity contribution in [1.29, 1.82) is 0 Å². The highest BCUT2D eigenvalue weighted by Gasteiger charge is 2.20. The molecule has 2 atom stereocenters. The third kappa shape index (κ3) is 4.75. The van der Waals surface area contributed by atoms with E-state index in [4.69, 9.17) is 0 Å². The van der Waals surface area contributed by atoms with E-state index in [2.05, 4.69) is 35.8 Å². The molecule has 0 aromatic carbocycles. The van der Waals surface area contributed by atoms with E-state index in [0.717, 1.165) is 17.9 Å². The average molecular weight is 270 g/mol. The van der Waals surface area contributed by atoms with Crippen LogP contribution in [0.4, 0.5) is 0 Å². The van der Waals surface area contributed by atoms with E-state index in [9.17, 15) is 0 Å². The van der Waals surface area contributed by atoms with Gasteiger partial charge in [-0.25, -0.2) is 0 Å². The molecule has 0 bridgehead atoms. The van der Waals surface area contributed by atoms with Crippen molar-refractivity contribution in [2.24, 2.45) is 11.8 Å². The maximum absolute atomic E-state index is 3.65. The molecular weight excluding hydrogens is 240 g/mol. The van der Waals surface area contributed by atoms with E-state index in [1.165, 1.54) is 63.4 Å². The molecule has 2 aliphatic heterocycles. The lowest BCUT2D eigenvalue weighted by Gasteiger charge is -2.27. The molecule has 2 fully saturated rings. The predicted molar refractivity (Wildman–Crippen MR) is 82.4 cm³/mol. The molecule has 0 radical (unpaired) electrons. The summed E-state index contributed by atoms with van der Waals surface area (Å²) >= 11 is 2.12. The van der Waals surface area contributed by atoms with E-state index in [0.29, 0.717) is 0 Å². The van der Waals surface area contributed by atoms with Crippen molar-refractivity contribution in [3.63, 3.8) is 0 Å². The van der Waals surface area contributed by atoms with Crippen LogP contribution in [0.1, 0.15) is 39.5 Å². The van der Waals surface area contributed by atoms with Gasteiger partial charge in [0.05, 0.1) is 0 Å². The second-order valence-electron chi connectivity index (χ2n) is 6.29. The van der Waals surface area contributed by atoms with Gasteiger partial charge < -0.3 is 10.2 Å². The smallest absolute Gasteiger partial charge is 0.0170 e. The van der Waals surface area contributed by atoms with Crippen molar-refractivity contribution in [3.8, 4) is 0 Å². The van der Waals surface area contributed by atoms with E-state index < -0.39 is 0 Å². The molecule has 0 aromatic heterocycles. The van der Waals surface area contributed by atoms with Gasteiger partial charge in [-0.1, -0.05) is 13.8 Å². The number of hydrogen-bond acceptors (Lipinski definition) is 3. The summed E-state index contributed by atoms with van der Waals surface area (Å²) in [6, 6.07) is 0.771. The minimum atomic E-state index is 0.771. The Bertz CT molecular complexity index is 227. The summed E-state index contributed by atoms with van der Waals surface area (Å²) in [4.78, 5) is 2.71. The van der Waals surface area contributed by atoms with E-state index >= 15 is 0 Å². The quantitative estimate of drug-likeness (QED) is 0.846. The standard InChI is InChI=1S/C15H30N2S/c1-13(2)14-4-3-8-17(9-5-14)10-6-15-12-18-11-7-16-15/h13-16H,3-12H2,1-2H3. The molecule has 106 valence electrons. The normalized spacial score (nSPS) is 31.5. The lowest BCUT2D eigenvalue weighted by Crippen LogP contribution is -2.40. The number of nitrogens with zero attached hydrogens (tertiary/aromatic N) is 1. The Morgan fingerprint density at radius 1 is 1.28 bits per heavy atom. The zero-order valence-corrected chi connectivity index (χ0v) is 13.0. The predicted octanol–water partition coefficient (Wildman–Crippen LogP) is 2.84. The maximum Gasteiger partial charge on any atom is 0.0170 e. The van der Waals surface area contributed by atoms with Gasteiger partial charge in [-0.2, -0.15) is 11.8 Å². The molecule has 1 N–H and O–H groups in total. The minimum Gasteiger partial charge on any atom is -0.312 e. The fraction of sp³-hybridized carbons (Fsp3) is 1.00. The fourth-order valence-corrected chi connectivity index (χ4v) is 4.21. The van der Waals surface area contributed by atoms with Gasteiger partial charge in [0.15, 0.2) is 0 Å². The molecule has 2 nitrogen and oxygen atoms in total. The fourth-order valence-electron chi connectivity index (χ4n) is 3.22. The van der Waals surface area contributed by atoms with Crippen LogP contribution in [0, 0.1) is 11.8 Å². The summed E-state index contributed by atoms with van der Waals surface area (Å²) < 4.78 is 0. The summed E-state index contributed by atoms with van der Waals surface area (Å²) in [6.07, 6.45) is 5.63. The van der Waals surface area contributed by atoms with Crippen LogP contribution in [0.25, 0.3) is 0 Å². The van der Waals surface area contributed by atoms with Crippen LogP contribution in [0.5, 0.6) is 0 Å². The van der Waals surface area contributed by atoms with E-state index in [-0.39, 0.29) is 0 Å². The first-order valence-corrected chi connectivity index (χ1v) is 8.94. The van der Waals surface area contributed by atoms with Gasteiger partial charge in [0, 0.05) is 24.1 Å². The number of likely N-dealkylation sites (tertiary alicyclic amines) is 1. The largest absolute Gasteiger partial charge is 0.312 e. The third-order valence-corrected chi connectivity index (χ3v) is 5.73. The zero-order valence-electron chi connectivity index (χ0n) is 12.2. The van der Waals surface area contributed by atoms with Gasteiger partial charge >= 0.3 is 0 Å². The van der Waals surface area contributed by atoms with Crippen LogP contribution >= 0.6 is 11.8 Å². The minimum absolute atomic E-state index is 0.771. The Morgan fingerprint density at radius 2 is 2.17 bits per heavy atom. The number of hydrogen-bond donors (Lipinski definition) is 1. The number of rotatable bonds is 4. The van der Waals surface area contributed by atoms with Crippen LogP contribution in [-0.2, 0) is 0 Å². The Hall–Kier alpha value is 0.270. The topological polar surface area (TPSA) is 15.3 Å². The van der Waals surface area contributed by atoms with Crippen LogP contribution < -0.4 is 5.32 Å². The summed E-state index contributed by atoms with van der Waals surface area (Å²) in [5.74, 6) is 4.47. The molecule has 2 saturated heterocycles. The SMILES string of the molecule is CC(C)C1CCCN(CCC2CSCCN2)CC1. The van der Waals surface area contributed by atoms with Gasteiger partial charge in [-0.05, 0) is 57.2 Å². The lowest BCUT2D eigenvalue weighted by atomic mass is 9.89. The molecule has 0 spiro atoms. The molecule has 0 aliphatic carbocycles. The highest BCUT2D eigenvalue weighted by atomic mass is 32.2. The summed E-state index contributed by atoms with van der Waals surface area (Å²) in [6.45, 7) is 9.98. The molecule has 0 aromatic rings. The Kier molecular flexibility index (Phi) is 6.33. The second kappa shape index (κ2) is 7.76. The first-order chi connectivity index (χ1) is 8.75. The first kappa shape index (κ1) is 14.7. The Morgan fingerprint density at radius 3 is 2.89 bits per heavy atom. The molecule has 18 heavy (non-hydrogen) atoms. The molecule has 2 rings (SSSR count). The van der Waals surface area contributed by atoms with Crippen LogP contribution in [-0.4, -0.2) is 48.6 Å². The number of thioether (sulfide) groups is 1. The molecule has 2 heterocycles. The molecule has 3 heteroatoms. The van der Waals surface area contributed by atoms with Gasteiger partial charge in [0.25, 0.3) is 0 Å². The molecular formula is C15H30N2S. The number of nitrogens with one attached hydrogen (secondary N) is 1. The molecule has 2 aliphatic rings. The van der Waals surface area contributed by atoms with Crippen molar-refractivity contribution in [2.75, 3.05) is 37.7 Å². The van der Waals surface area contributed by atoms with Crippen molar-refractivity contribution >= 4 is 11.8 Å². The molecule has 2 unspecified atom stereocenters. The highest BCUT2D eigenvalue weighted by molar-refractivity contribution is 7.99. The van der Waals surface area contributed by atoms with Crippen molar-refractivity contribution in [1.82, 2.24) is 10.2 Å². The second-order valence-corrected chi connectivity index (χ2v) is 7.44. The monoisotopic (exact) mass is 270 g/mol. The lowest BCUT2D eigenvalue weighted by molar-refractivity contribution is 0.259.